The second kappa shape index (κ2) is 4.85. The molecule has 14 heavy (non-hydrogen) atoms. The number of rotatable bonds is 3. The van der Waals surface area contributed by atoms with Crippen LogP contribution in [0.4, 0.5) is 11.4 Å². The molecule has 1 aromatic rings. The van der Waals surface area contributed by atoms with E-state index in [2.05, 4.69) is 10.2 Å². The van der Waals surface area contributed by atoms with E-state index in [-0.39, 0.29) is 12.6 Å². The van der Waals surface area contributed by atoms with Crippen LogP contribution in [0.1, 0.15) is 6.92 Å². The minimum absolute atomic E-state index is 0.0233. The fraction of sp³-hybridized carbons (Fsp3) is 0.300. The van der Waals surface area contributed by atoms with Crippen molar-refractivity contribution >= 4 is 23.0 Å². The van der Waals surface area contributed by atoms with Crippen LogP contribution in [0.5, 0.6) is 0 Å². The second-order valence-corrected chi connectivity index (χ2v) is 3.41. The van der Waals surface area contributed by atoms with Gasteiger partial charge in [-0.2, -0.15) is 0 Å². The number of aliphatic hydroxyl groups is 1. The van der Waals surface area contributed by atoms with Crippen LogP contribution in [-0.4, -0.2) is 17.8 Å². The minimum Gasteiger partial charge on any atom is -0.394 e. The van der Waals surface area contributed by atoms with Gasteiger partial charge in [-0.3, -0.25) is 0 Å². The molecule has 0 saturated carbocycles. The molecule has 0 saturated heterocycles. The first-order valence-corrected chi connectivity index (χ1v) is 4.59. The minimum atomic E-state index is -0.0233. The number of nitrogens with one attached hydrogen (secondary N) is 1. The maximum Gasteiger partial charge on any atom is 0.205 e. The lowest BCUT2D eigenvalue weighted by molar-refractivity contribution is 0.281. The van der Waals surface area contributed by atoms with Gasteiger partial charge in [0.15, 0.2) is 0 Å². The number of halogens is 1. The summed E-state index contributed by atoms with van der Waals surface area (Å²) in [7, 11) is 0. The highest BCUT2D eigenvalue weighted by Crippen LogP contribution is 2.27. The molecule has 0 heterocycles. The third-order valence-corrected chi connectivity index (χ3v) is 2.06. The van der Waals surface area contributed by atoms with Crippen molar-refractivity contribution in [3.8, 4) is 0 Å². The van der Waals surface area contributed by atoms with Gasteiger partial charge >= 0.3 is 0 Å². The third kappa shape index (κ3) is 2.63. The van der Waals surface area contributed by atoms with Gasteiger partial charge in [0.05, 0.1) is 13.2 Å². The molecule has 0 aliphatic carbocycles. The number of hydrogen-bond acceptors (Lipinski definition) is 2. The van der Waals surface area contributed by atoms with Crippen LogP contribution < -0.4 is 5.32 Å². The Morgan fingerprint density at radius 1 is 1.64 bits per heavy atom. The summed E-state index contributed by atoms with van der Waals surface area (Å²) in [6.45, 7) is 8.73. The summed E-state index contributed by atoms with van der Waals surface area (Å²) in [5, 5.41) is 12.3. The zero-order valence-corrected chi connectivity index (χ0v) is 8.54. The normalized spacial score (nSPS) is 11.9. The van der Waals surface area contributed by atoms with E-state index in [1.807, 2.05) is 6.92 Å². The van der Waals surface area contributed by atoms with Crippen molar-refractivity contribution in [2.45, 2.75) is 13.0 Å². The number of hydrogen-bond donors (Lipinski definition) is 2. The van der Waals surface area contributed by atoms with Crippen molar-refractivity contribution < 1.29 is 5.11 Å². The SMILES string of the molecule is [C-]#[N+]c1ccc(N[C@@H](C)CO)cc1Cl. The first-order valence-electron chi connectivity index (χ1n) is 4.21. The van der Waals surface area contributed by atoms with Gasteiger partial charge < -0.3 is 10.4 Å². The van der Waals surface area contributed by atoms with E-state index in [1.165, 1.54) is 0 Å². The molecule has 0 spiro atoms. The van der Waals surface area contributed by atoms with Crippen molar-refractivity contribution in [3.63, 3.8) is 0 Å². The molecule has 0 radical (unpaired) electrons. The molecule has 0 bridgehead atoms. The predicted octanol–water partition coefficient (Wildman–Crippen LogP) is 2.68. The van der Waals surface area contributed by atoms with Crippen LogP contribution in [-0.2, 0) is 0 Å². The number of nitrogens with zero attached hydrogens (tertiary/aromatic N) is 1. The van der Waals surface area contributed by atoms with E-state index in [0.717, 1.165) is 5.69 Å². The highest BCUT2D eigenvalue weighted by Gasteiger charge is 2.03. The van der Waals surface area contributed by atoms with Crippen LogP contribution in [0.15, 0.2) is 18.2 Å². The molecule has 0 unspecified atom stereocenters. The van der Waals surface area contributed by atoms with Gasteiger partial charge in [-0.05, 0) is 19.1 Å². The van der Waals surface area contributed by atoms with Gasteiger partial charge in [0.25, 0.3) is 0 Å². The van der Waals surface area contributed by atoms with Crippen molar-refractivity contribution in [3.05, 3.63) is 34.6 Å². The van der Waals surface area contributed by atoms with Crippen LogP contribution in [0.25, 0.3) is 4.85 Å². The summed E-state index contributed by atoms with van der Waals surface area (Å²) < 4.78 is 0. The van der Waals surface area contributed by atoms with E-state index in [9.17, 15) is 0 Å². The predicted molar refractivity (Wildman–Crippen MR) is 57.9 cm³/mol. The van der Waals surface area contributed by atoms with Crippen molar-refractivity contribution in [2.75, 3.05) is 11.9 Å². The van der Waals surface area contributed by atoms with Crippen LogP contribution in [0.3, 0.4) is 0 Å². The molecular weight excluding hydrogens is 200 g/mol. The van der Waals surface area contributed by atoms with E-state index in [1.54, 1.807) is 18.2 Å². The average molecular weight is 211 g/mol. The molecular formula is C10H11ClN2O. The Balaban J connectivity index is 2.82. The molecule has 0 amide bonds. The molecule has 0 aliphatic heterocycles. The standard InChI is InChI=1S/C10H11ClN2O/c1-7(6-14)13-8-3-4-10(12-2)9(11)5-8/h3-5,7,13-14H,6H2,1H3/t7-/m0/s1. The maximum atomic E-state index is 8.82. The monoisotopic (exact) mass is 210 g/mol. The van der Waals surface area contributed by atoms with E-state index < -0.39 is 0 Å². The number of anilines is 1. The summed E-state index contributed by atoms with van der Waals surface area (Å²) in [5.41, 5.74) is 1.25. The zero-order valence-electron chi connectivity index (χ0n) is 7.79. The summed E-state index contributed by atoms with van der Waals surface area (Å²) in [6, 6.07) is 5.08. The van der Waals surface area contributed by atoms with Crippen LogP contribution >= 0.6 is 11.6 Å². The summed E-state index contributed by atoms with van der Waals surface area (Å²) >= 11 is 5.84. The molecule has 4 heteroatoms. The topological polar surface area (TPSA) is 36.6 Å². The fourth-order valence-corrected chi connectivity index (χ4v) is 1.24. The van der Waals surface area contributed by atoms with Gasteiger partial charge in [-0.25, -0.2) is 4.85 Å². The lowest BCUT2D eigenvalue weighted by atomic mass is 10.2. The molecule has 1 rings (SSSR count). The summed E-state index contributed by atoms with van der Waals surface area (Å²) in [5.74, 6) is 0. The Labute approximate surface area is 88.1 Å². The Kier molecular flexibility index (Phi) is 3.75. The molecule has 0 fully saturated rings. The highest BCUT2D eigenvalue weighted by atomic mass is 35.5. The lowest BCUT2D eigenvalue weighted by Crippen LogP contribution is -2.19. The zero-order chi connectivity index (χ0) is 10.6. The Morgan fingerprint density at radius 2 is 2.36 bits per heavy atom. The second-order valence-electron chi connectivity index (χ2n) is 3.01. The molecule has 0 aliphatic rings. The summed E-state index contributed by atoms with van der Waals surface area (Å²) in [4.78, 5) is 3.25. The largest absolute Gasteiger partial charge is 0.394 e. The molecule has 0 aromatic heterocycles. The molecule has 74 valence electrons. The first kappa shape index (κ1) is 10.8. The van der Waals surface area contributed by atoms with E-state index in [0.29, 0.717) is 10.7 Å². The van der Waals surface area contributed by atoms with Gasteiger partial charge in [0.2, 0.25) is 5.69 Å². The van der Waals surface area contributed by atoms with Crippen molar-refractivity contribution in [1.29, 1.82) is 0 Å². The van der Waals surface area contributed by atoms with Gasteiger partial charge in [-0.15, -0.1) is 0 Å². The average Bonchev–Trinajstić information content (AvgIpc) is 2.18. The molecule has 1 atom stereocenters. The molecule has 3 nitrogen and oxygen atoms in total. The van der Waals surface area contributed by atoms with Gasteiger partial charge in [-0.1, -0.05) is 17.7 Å². The molecule has 1 aromatic carbocycles. The van der Waals surface area contributed by atoms with Crippen molar-refractivity contribution in [1.82, 2.24) is 0 Å². The van der Waals surface area contributed by atoms with Crippen LogP contribution in [0, 0.1) is 6.57 Å². The maximum absolute atomic E-state index is 8.82. The smallest absolute Gasteiger partial charge is 0.205 e. The fourth-order valence-electron chi connectivity index (χ4n) is 1.02. The lowest BCUT2D eigenvalue weighted by Gasteiger charge is -2.12. The van der Waals surface area contributed by atoms with Crippen LogP contribution in [0.2, 0.25) is 5.02 Å². The summed E-state index contributed by atoms with van der Waals surface area (Å²) in [6.07, 6.45) is 0. The van der Waals surface area contributed by atoms with Gasteiger partial charge in [0, 0.05) is 16.8 Å². The highest BCUT2D eigenvalue weighted by molar-refractivity contribution is 6.33. The van der Waals surface area contributed by atoms with Crippen molar-refractivity contribution in [2.24, 2.45) is 0 Å². The van der Waals surface area contributed by atoms with Gasteiger partial charge in [0.1, 0.15) is 0 Å². The number of benzene rings is 1. The Bertz CT molecular complexity index is 360. The Hall–Kier alpha value is -1.24. The first-order chi connectivity index (χ1) is 6.67. The van der Waals surface area contributed by atoms with E-state index >= 15 is 0 Å². The third-order valence-electron chi connectivity index (χ3n) is 1.76. The Morgan fingerprint density at radius 3 is 2.86 bits per heavy atom. The quantitative estimate of drug-likeness (QED) is 0.753. The van der Waals surface area contributed by atoms with E-state index in [4.69, 9.17) is 23.3 Å². The molecule has 2 N–H and O–H groups in total. The number of aliphatic hydroxyl groups excluding tert-OH is 1.